The van der Waals surface area contributed by atoms with Gasteiger partial charge in [0.15, 0.2) is 0 Å². The second kappa shape index (κ2) is 9.05. The molecule has 1 fully saturated rings. The van der Waals surface area contributed by atoms with Crippen LogP contribution in [0.1, 0.15) is 43.9 Å². The summed E-state index contributed by atoms with van der Waals surface area (Å²) < 4.78 is 0. The summed E-state index contributed by atoms with van der Waals surface area (Å²) in [7, 11) is 0. The molecule has 1 saturated heterocycles. The van der Waals surface area contributed by atoms with E-state index in [1.165, 1.54) is 24.1 Å². The van der Waals surface area contributed by atoms with Crippen LogP contribution in [0, 0.1) is 6.92 Å². The highest BCUT2D eigenvalue weighted by Gasteiger charge is 2.26. The van der Waals surface area contributed by atoms with Gasteiger partial charge in [0.1, 0.15) is 6.04 Å². The Bertz CT molecular complexity index is 749. The summed E-state index contributed by atoms with van der Waals surface area (Å²) in [5.74, 6) is 0.0261. The van der Waals surface area contributed by atoms with Crippen molar-refractivity contribution in [2.24, 2.45) is 0 Å². The Morgan fingerprint density at radius 3 is 2.33 bits per heavy atom. The number of anilines is 2. The van der Waals surface area contributed by atoms with E-state index in [0.717, 1.165) is 37.4 Å². The highest BCUT2D eigenvalue weighted by Crippen LogP contribution is 2.28. The Hall–Kier alpha value is -2.33. The molecule has 27 heavy (non-hydrogen) atoms. The lowest BCUT2D eigenvalue weighted by atomic mass is 10.0. The molecule has 1 atom stereocenters. The number of likely N-dealkylation sites (N-methyl/N-ethyl adjacent to an activating group) is 1. The van der Waals surface area contributed by atoms with Gasteiger partial charge in [0.25, 0.3) is 0 Å². The van der Waals surface area contributed by atoms with Gasteiger partial charge in [-0.2, -0.15) is 0 Å². The molecule has 3 rings (SSSR count). The van der Waals surface area contributed by atoms with Crippen LogP contribution in [0.2, 0.25) is 0 Å². The Kier molecular flexibility index (Phi) is 6.51. The van der Waals surface area contributed by atoms with Gasteiger partial charge in [-0.15, -0.1) is 0 Å². The van der Waals surface area contributed by atoms with Crippen molar-refractivity contribution < 1.29 is 4.79 Å². The predicted octanol–water partition coefficient (Wildman–Crippen LogP) is 4.62. The molecule has 1 heterocycles. The summed E-state index contributed by atoms with van der Waals surface area (Å²) >= 11 is 0. The minimum absolute atomic E-state index is 0.0261. The van der Waals surface area contributed by atoms with E-state index in [0.29, 0.717) is 0 Å². The van der Waals surface area contributed by atoms with Gasteiger partial charge in [0.2, 0.25) is 5.91 Å². The second-order valence-corrected chi connectivity index (χ2v) is 7.22. The van der Waals surface area contributed by atoms with Crippen molar-refractivity contribution >= 4 is 17.3 Å². The molecule has 1 aliphatic rings. The van der Waals surface area contributed by atoms with Crippen LogP contribution in [-0.4, -0.2) is 37.0 Å². The van der Waals surface area contributed by atoms with Crippen molar-refractivity contribution in [2.75, 3.05) is 36.4 Å². The highest BCUT2D eigenvalue weighted by atomic mass is 16.2. The van der Waals surface area contributed by atoms with E-state index >= 15 is 0 Å². The molecule has 0 bridgehead atoms. The largest absolute Gasteiger partial charge is 0.371 e. The van der Waals surface area contributed by atoms with Gasteiger partial charge < -0.3 is 10.2 Å². The fourth-order valence-corrected chi connectivity index (χ4v) is 4.01. The molecule has 2 aromatic rings. The van der Waals surface area contributed by atoms with Crippen LogP contribution in [0.5, 0.6) is 0 Å². The van der Waals surface area contributed by atoms with E-state index in [9.17, 15) is 4.79 Å². The van der Waals surface area contributed by atoms with E-state index < -0.39 is 0 Å². The summed E-state index contributed by atoms with van der Waals surface area (Å²) in [5.41, 5.74) is 4.40. The normalized spacial score (nSPS) is 15.2. The summed E-state index contributed by atoms with van der Waals surface area (Å²) in [6.45, 7) is 10.2. The van der Waals surface area contributed by atoms with Crippen LogP contribution in [0.4, 0.5) is 11.4 Å². The maximum Gasteiger partial charge on any atom is 0.246 e. The third-order valence-corrected chi connectivity index (χ3v) is 5.45. The number of hydrogen-bond acceptors (Lipinski definition) is 3. The molecule has 1 N–H and O–H groups in total. The Morgan fingerprint density at radius 1 is 1.07 bits per heavy atom. The van der Waals surface area contributed by atoms with Crippen LogP contribution in [-0.2, 0) is 4.79 Å². The van der Waals surface area contributed by atoms with Gasteiger partial charge in [-0.3, -0.25) is 9.69 Å². The lowest BCUT2D eigenvalue weighted by Crippen LogP contribution is -2.37. The van der Waals surface area contributed by atoms with E-state index in [1.54, 1.807) is 0 Å². The van der Waals surface area contributed by atoms with Gasteiger partial charge in [-0.1, -0.05) is 44.2 Å². The van der Waals surface area contributed by atoms with Crippen LogP contribution >= 0.6 is 0 Å². The first-order valence-corrected chi connectivity index (χ1v) is 10.1. The molecule has 0 aliphatic carbocycles. The third-order valence-electron chi connectivity index (χ3n) is 5.45. The number of benzene rings is 2. The molecule has 4 heteroatoms. The summed E-state index contributed by atoms with van der Waals surface area (Å²) in [4.78, 5) is 17.8. The van der Waals surface area contributed by atoms with Crippen LogP contribution in [0.15, 0.2) is 48.5 Å². The van der Waals surface area contributed by atoms with Crippen molar-refractivity contribution in [3.05, 3.63) is 59.7 Å². The molecule has 1 aliphatic heterocycles. The number of aryl methyl sites for hydroxylation is 1. The predicted molar refractivity (Wildman–Crippen MR) is 113 cm³/mol. The van der Waals surface area contributed by atoms with Crippen LogP contribution in [0.25, 0.3) is 0 Å². The van der Waals surface area contributed by atoms with Crippen molar-refractivity contribution in [3.8, 4) is 0 Å². The van der Waals surface area contributed by atoms with Crippen molar-refractivity contribution in [2.45, 2.75) is 39.7 Å². The summed E-state index contributed by atoms with van der Waals surface area (Å²) in [5, 5.41) is 3.15. The Labute approximate surface area is 163 Å². The maximum atomic E-state index is 13.2. The van der Waals surface area contributed by atoms with Gasteiger partial charge in [-0.25, -0.2) is 0 Å². The zero-order valence-corrected chi connectivity index (χ0v) is 16.7. The monoisotopic (exact) mass is 365 g/mol. The molecule has 0 radical (unpaired) electrons. The average Bonchev–Trinajstić information content (AvgIpc) is 3.21. The number of nitrogens with zero attached hydrogens (tertiary/aromatic N) is 2. The van der Waals surface area contributed by atoms with Crippen molar-refractivity contribution in [1.82, 2.24) is 4.90 Å². The molecule has 1 unspecified atom stereocenters. The van der Waals surface area contributed by atoms with Gasteiger partial charge >= 0.3 is 0 Å². The molecular weight excluding hydrogens is 334 g/mol. The highest BCUT2D eigenvalue weighted by molar-refractivity contribution is 5.95. The fourth-order valence-electron chi connectivity index (χ4n) is 4.01. The Balaban J connectivity index is 1.80. The second-order valence-electron chi connectivity index (χ2n) is 7.22. The molecule has 1 amide bonds. The van der Waals surface area contributed by atoms with Gasteiger partial charge in [0.05, 0.1) is 0 Å². The molecule has 2 aromatic carbocycles. The van der Waals surface area contributed by atoms with Gasteiger partial charge in [-0.05, 0) is 62.2 Å². The fraction of sp³-hybridized carbons (Fsp3) is 0.435. The molecular formula is C23H31N3O. The summed E-state index contributed by atoms with van der Waals surface area (Å²) in [6.07, 6.45) is 2.53. The van der Waals surface area contributed by atoms with E-state index in [1.807, 2.05) is 36.4 Å². The molecule has 144 valence electrons. The summed E-state index contributed by atoms with van der Waals surface area (Å²) in [6, 6.07) is 16.0. The quantitative estimate of drug-likeness (QED) is 0.778. The first-order chi connectivity index (χ1) is 13.1. The number of carbonyl (C=O) groups excluding carboxylic acids is 1. The smallest absolute Gasteiger partial charge is 0.246 e. The Morgan fingerprint density at radius 2 is 1.74 bits per heavy atom. The first kappa shape index (κ1) is 19.4. The number of nitrogens with one attached hydrogen (secondary N) is 1. The van der Waals surface area contributed by atoms with Gasteiger partial charge in [0, 0.05) is 24.5 Å². The van der Waals surface area contributed by atoms with Crippen molar-refractivity contribution in [3.63, 3.8) is 0 Å². The van der Waals surface area contributed by atoms with Crippen molar-refractivity contribution in [1.29, 1.82) is 0 Å². The third kappa shape index (κ3) is 4.51. The first-order valence-electron chi connectivity index (χ1n) is 10.1. The number of amides is 1. The van der Waals surface area contributed by atoms with E-state index in [4.69, 9.17) is 0 Å². The maximum absolute atomic E-state index is 13.2. The zero-order valence-electron chi connectivity index (χ0n) is 16.7. The SMILES string of the molecule is CCN(CC)C(C(=O)Nc1ccc(N2CCCC2)c(C)c1)c1ccccc1. The van der Waals surface area contributed by atoms with Crippen LogP contribution in [0.3, 0.4) is 0 Å². The topological polar surface area (TPSA) is 35.6 Å². The van der Waals surface area contributed by atoms with Crippen LogP contribution < -0.4 is 10.2 Å². The zero-order chi connectivity index (χ0) is 19.2. The minimum Gasteiger partial charge on any atom is -0.371 e. The number of rotatable bonds is 7. The average molecular weight is 366 g/mol. The lowest BCUT2D eigenvalue weighted by molar-refractivity contribution is -0.121. The van der Waals surface area contributed by atoms with E-state index in [2.05, 4.69) is 48.0 Å². The molecule has 0 spiro atoms. The molecule has 0 saturated carbocycles. The standard InChI is InChI=1S/C23H31N3O/c1-4-25(5-2)22(19-11-7-6-8-12-19)23(27)24-20-13-14-21(18(3)17-20)26-15-9-10-16-26/h6-8,11-14,17,22H,4-5,9-10,15-16H2,1-3H3,(H,24,27). The number of carbonyl (C=O) groups is 1. The molecule has 4 nitrogen and oxygen atoms in total. The minimum atomic E-state index is -0.278. The molecule has 0 aromatic heterocycles. The van der Waals surface area contributed by atoms with E-state index in [-0.39, 0.29) is 11.9 Å². The number of hydrogen-bond donors (Lipinski definition) is 1. The lowest BCUT2D eigenvalue weighted by Gasteiger charge is -2.29.